The molecule has 218 valence electrons. The Morgan fingerprint density at radius 3 is 1.34 bits per heavy atom. The summed E-state index contributed by atoms with van der Waals surface area (Å²) >= 11 is 2.63. The van der Waals surface area contributed by atoms with Crippen molar-refractivity contribution in [2.75, 3.05) is 0 Å². The van der Waals surface area contributed by atoms with Crippen LogP contribution in [0.4, 0.5) is 11.4 Å². The Kier molecular flexibility index (Phi) is 6.79. The summed E-state index contributed by atoms with van der Waals surface area (Å²) in [4.78, 5) is 22.1. The molecular formula is C26H16N10O6S2. The average Bonchev–Trinajstić information content (AvgIpc) is 3.82. The number of aromatic nitrogens is 8. The van der Waals surface area contributed by atoms with Crippen LogP contribution in [0.2, 0.25) is 0 Å². The van der Waals surface area contributed by atoms with Crippen molar-refractivity contribution in [2.45, 2.75) is 13.2 Å². The van der Waals surface area contributed by atoms with Gasteiger partial charge in [0.25, 0.3) is 11.4 Å². The fraction of sp³-hybridized carbons (Fsp3) is 0.0769. The first-order valence-corrected chi connectivity index (χ1v) is 14.3. The van der Waals surface area contributed by atoms with Gasteiger partial charge in [-0.3, -0.25) is 20.2 Å². The van der Waals surface area contributed by atoms with E-state index in [0.29, 0.717) is 43.1 Å². The summed E-state index contributed by atoms with van der Waals surface area (Å²) in [6.07, 6.45) is 0. The van der Waals surface area contributed by atoms with Crippen LogP contribution in [0, 0.1) is 20.2 Å². The van der Waals surface area contributed by atoms with Gasteiger partial charge in [0.1, 0.15) is 34.7 Å². The van der Waals surface area contributed by atoms with Crippen LogP contribution in [0.25, 0.3) is 31.1 Å². The molecule has 0 aliphatic carbocycles. The molecule has 0 atom stereocenters. The Morgan fingerprint density at radius 2 is 0.977 bits per heavy atom. The van der Waals surface area contributed by atoms with Crippen molar-refractivity contribution >= 4 is 44.0 Å². The van der Waals surface area contributed by atoms with Gasteiger partial charge in [0.15, 0.2) is 11.6 Å². The predicted molar refractivity (Wildman–Crippen MR) is 157 cm³/mol. The SMILES string of the molecule is O=[N+]([O-])c1ccc(-c2nn3c(COc4ccc(OCc5nnc6sc(-c7ccc([N+](=O)[O-])cc7)nn56)cc4)nnc3s2)cc1. The molecular weight excluding hydrogens is 612 g/mol. The van der Waals surface area contributed by atoms with Gasteiger partial charge in [-0.2, -0.15) is 19.2 Å². The molecule has 0 saturated heterocycles. The summed E-state index contributed by atoms with van der Waals surface area (Å²) in [5.41, 5.74) is 1.49. The second-order valence-electron chi connectivity index (χ2n) is 9.09. The maximum Gasteiger partial charge on any atom is 0.269 e. The molecule has 0 N–H and O–H groups in total. The standard InChI is InChI=1S/C26H16N10O6S2/c37-35(38)17-5-1-15(2-6-17)23-31-33-21(27-29-25(33)43-23)13-41-19-9-11-20(12-10-19)42-14-22-28-30-26-34(22)32-24(44-26)16-3-7-18(8-4-16)36(39)40/h1-12H,13-14H2. The molecule has 0 aliphatic rings. The van der Waals surface area contributed by atoms with Gasteiger partial charge in [-0.15, -0.1) is 20.4 Å². The molecule has 7 aromatic rings. The van der Waals surface area contributed by atoms with Crippen LogP contribution in [0.1, 0.15) is 11.6 Å². The molecule has 0 amide bonds. The minimum absolute atomic E-state index is 0.00740. The lowest BCUT2D eigenvalue weighted by Crippen LogP contribution is -2.03. The van der Waals surface area contributed by atoms with Crippen molar-refractivity contribution in [3.05, 3.63) is 105 Å². The second kappa shape index (κ2) is 11.1. The molecule has 4 aromatic heterocycles. The fourth-order valence-electron chi connectivity index (χ4n) is 4.11. The summed E-state index contributed by atoms with van der Waals surface area (Å²) in [5.74, 6) is 2.16. The van der Waals surface area contributed by atoms with Crippen molar-refractivity contribution in [3.8, 4) is 32.6 Å². The highest BCUT2D eigenvalue weighted by Gasteiger charge is 2.16. The van der Waals surface area contributed by atoms with E-state index in [1.54, 1.807) is 57.6 Å². The summed E-state index contributed by atoms with van der Waals surface area (Å²) in [6.45, 7) is 0.229. The molecule has 18 heteroatoms. The first kappa shape index (κ1) is 27.0. The van der Waals surface area contributed by atoms with E-state index in [4.69, 9.17) is 9.47 Å². The molecule has 0 spiro atoms. The van der Waals surface area contributed by atoms with Crippen molar-refractivity contribution in [1.29, 1.82) is 0 Å². The lowest BCUT2D eigenvalue weighted by molar-refractivity contribution is -0.385. The second-order valence-corrected chi connectivity index (χ2v) is 11.0. The Labute approximate surface area is 253 Å². The molecule has 7 rings (SSSR count). The third-order valence-electron chi connectivity index (χ3n) is 6.32. The molecule has 0 unspecified atom stereocenters. The van der Waals surface area contributed by atoms with Gasteiger partial charge in [-0.05, 0) is 48.5 Å². The summed E-state index contributed by atoms with van der Waals surface area (Å²) in [7, 11) is 0. The van der Waals surface area contributed by atoms with Gasteiger partial charge < -0.3 is 9.47 Å². The average molecular weight is 629 g/mol. The highest BCUT2D eigenvalue weighted by molar-refractivity contribution is 7.20. The Hall–Kier alpha value is -5.88. The van der Waals surface area contributed by atoms with Crippen molar-refractivity contribution < 1.29 is 19.3 Å². The molecule has 0 bridgehead atoms. The van der Waals surface area contributed by atoms with Crippen molar-refractivity contribution in [3.63, 3.8) is 0 Å². The van der Waals surface area contributed by atoms with Crippen LogP contribution in [0.5, 0.6) is 11.5 Å². The summed E-state index contributed by atoms with van der Waals surface area (Å²) in [6, 6.07) is 19.3. The number of hydrogen-bond acceptors (Lipinski definition) is 14. The van der Waals surface area contributed by atoms with E-state index in [0.717, 1.165) is 11.1 Å². The van der Waals surface area contributed by atoms with Crippen LogP contribution in [-0.2, 0) is 13.2 Å². The maximum atomic E-state index is 10.9. The van der Waals surface area contributed by atoms with E-state index in [-0.39, 0.29) is 24.6 Å². The van der Waals surface area contributed by atoms with Gasteiger partial charge in [-0.1, -0.05) is 22.7 Å². The molecule has 0 fully saturated rings. The molecule has 0 saturated carbocycles. The number of fused-ring (bicyclic) bond motifs is 2. The summed E-state index contributed by atoms with van der Waals surface area (Å²) < 4.78 is 14.9. The van der Waals surface area contributed by atoms with E-state index in [9.17, 15) is 20.2 Å². The van der Waals surface area contributed by atoms with E-state index in [1.807, 2.05) is 0 Å². The number of nitro benzene ring substituents is 2. The lowest BCUT2D eigenvalue weighted by atomic mass is 10.2. The van der Waals surface area contributed by atoms with Crippen LogP contribution < -0.4 is 9.47 Å². The quantitative estimate of drug-likeness (QED) is 0.146. The third kappa shape index (κ3) is 5.25. The number of nitrogens with zero attached hydrogens (tertiary/aromatic N) is 10. The normalized spacial score (nSPS) is 11.3. The van der Waals surface area contributed by atoms with E-state index < -0.39 is 9.85 Å². The van der Waals surface area contributed by atoms with Gasteiger partial charge in [0, 0.05) is 35.4 Å². The fourth-order valence-corrected chi connectivity index (χ4v) is 5.83. The number of hydrogen-bond donors (Lipinski definition) is 0. The minimum Gasteiger partial charge on any atom is -0.486 e. The number of benzene rings is 3. The highest BCUT2D eigenvalue weighted by atomic mass is 32.1. The Morgan fingerprint density at radius 1 is 0.591 bits per heavy atom. The van der Waals surface area contributed by atoms with Crippen LogP contribution >= 0.6 is 22.7 Å². The first-order chi connectivity index (χ1) is 21.4. The number of non-ortho nitro benzene ring substituents is 2. The van der Waals surface area contributed by atoms with E-state index in [1.165, 1.54) is 46.9 Å². The van der Waals surface area contributed by atoms with Crippen LogP contribution in [-0.4, -0.2) is 49.5 Å². The number of ether oxygens (including phenoxy) is 2. The van der Waals surface area contributed by atoms with E-state index in [2.05, 4.69) is 30.6 Å². The zero-order chi connectivity index (χ0) is 30.2. The lowest BCUT2D eigenvalue weighted by Gasteiger charge is -2.07. The first-order valence-electron chi connectivity index (χ1n) is 12.7. The molecule has 3 aromatic carbocycles. The Bertz CT molecular complexity index is 1980. The zero-order valence-corrected chi connectivity index (χ0v) is 23.7. The van der Waals surface area contributed by atoms with Crippen LogP contribution in [0.15, 0.2) is 72.8 Å². The topological polar surface area (TPSA) is 191 Å². The summed E-state index contributed by atoms with van der Waals surface area (Å²) in [5, 5.41) is 48.8. The third-order valence-corrected chi connectivity index (χ3v) is 8.22. The Balaban J connectivity index is 0.974. The molecule has 44 heavy (non-hydrogen) atoms. The molecule has 0 aliphatic heterocycles. The zero-order valence-electron chi connectivity index (χ0n) is 22.1. The minimum atomic E-state index is -0.449. The largest absolute Gasteiger partial charge is 0.486 e. The molecule has 0 radical (unpaired) electrons. The van der Waals surface area contributed by atoms with Crippen LogP contribution in [0.3, 0.4) is 0 Å². The monoisotopic (exact) mass is 628 g/mol. The van der Waals surface area contributed by atoms with Gasteiger partial charge in [0.2, 0.25) is 9.92 Å². The number of nitro groups is 2. The molecule has 4 heterocycles. The van der Waals surface area contributed by atoms with Gasteiger partial charge in [-0.25, -0.2) is 0 Å². The van der Waals surface area contributed by atoms with Gasteiger partial charge >= 0.3 is 0 Å². The number of rotatable bonds is 10. The molecule has 16 nitrogen and oxygen atoms in total. The van der Waals surface area contributed by atoms with Crippen molar-refractivity contribution in [2.24, 2.45) is 0 Å². The van der Waals surface area contributed by atoms with E-state index >= 15 is 0 Å². The highest BCUT2D eigenvalue weighted by Crippen LogP contribution is 2.29. The van der Waals surface area contributed by atoms with Crippen molar-refractivity contribution in [1.82, 2.24) is 39.6 Å². The van der Waals surface area contributed by atoms with Gasteiger partial charge in [0.05, 0.1) is 9.85 Å². The smallest absolute Gasteiger partial charge is 0.269 e. The maximum absolute atomic E-state index is 10.9. The predicted octanol–water partition coefficient (Wildman–Crippen LogP) is 4.99.